The first-order valence-electron chi connectivity index (χ1n) is 8.20. The van der Waals surface area contributed by atoms with Gasteiger partial charge in [-0.25, -0.2) is 0 Å². The average Bonchev–Trinajstić information content (AvgIpc) is 2.66. The molecule has 114 valence electrons. The van der Waals surface area contributed by atoms with Crippen molar-refractivity contribution >= 4 is 17.1 Å². The van der Waals surface area contributed by atoms with Crippen molar-refractivity contribution in [1.29, 1.82) is 0 Å². The Morgan fingerprint density at radius 1 is 0.833 bits per heavy atom. The number of benzene rings is 2. The van der Waals surface area contributed by atoms with Crippen LogP contribution in [0.15, 0.2) is 89.6 Å². The molecule has 5 rings (SSSR count). The first-order chi connectivity index (χ1) is 11.8. The van der Waals surface area contributed by atoms with Gasteiger partial charge >= 0.3 is 0 Å². The topological polar surface area (TPSA) is 29.4 Å². The fourth-order valence-corrected chi connectivity index (χ4v) is 4.01. The van der Waals surface area contributed by atoms with Crippen LogP contribution in [0.4, 0.5) is 0 Å². The van der Waals surface area contributed by atoms with E-state index >= 15 is 0 Å². The maximum absolute atomic E-state index is 13.0. The molecule has 0 amide bonds. The highest BCUT2D eigenvalue weighted by molar-refractivity contribution is 6.19. The van der Waals surface area contributed by atoms with E-state index in [-0.39, 0.29) is 17.6 Å². The van der Waals surface area contributed by atoms with Crippen molar-refractivity contribution in [1.82, 2.24) is 0 Å². The average molecular weight is 309 g/mol. The predicted octanol–water partition coefficient (Wildman–Crippen LogP) is 4.46. The zero-order valence-electron chi connectivity index (χ0n) is 13.0. The van der Waals surface area contributed by atoms with Crippen LogP contribution in [0.1, 0.15) is 21.5 Å². The lowest BCUT2D eigenvalue weighted by Gasteiger charge is -2.38. The highest BCUT2D eigenvalue weighted by Crippen LogP contribution is 2.47. The molecule has 2 heteroatoms. The van der Waals surface area contributed by atoms with E-state index in [1.807, 2.05) is 60.8 Å². The van der Waals surface area contributed by atoms with Crippen LogP contribution in [0, 0.1) is 11.8 Å². The zero-order valence-corrected chi connectivity index (χ0v) is 13.0. The lowest BCUT2D eigenvalue weighted by molar-refractivity contribution is 0.0925. The minimum absolute atomic E-state index is 0.0742. The molecule has 0 aromatic heterocycles. The lowest BCUT2D eigenvalue weighted by Crippen LogP contribution is -2.35. The first kappa shape index (κ1) is 13.4. The molecule has 1 aliphatic heterocycles. The SMILES string of the molecule is O=C1c2ccccc2C2=CN=C(c3ccccc3)C3=CC=CC1C32. The normalized spacial score (nSPS) is 23.7. The third-order valence-corrected chi connectivity index (χ3v) is 5.08. The molecular formula is C22H15NO. The van der Waals surface area contributed by atoms with Crippen LogP contribution in [-0.4, -0.2) is 11.5 Å². The maximum atomic E-state index is 13.0. The molecule has 2 unspecified atom stereocenters. The molecule has 0 N–H and O–H groups in total. The number of ketones is 1. The van der Waals surface area contributed by atoms with E-state index in [0.717, 1.165) is 33.5 Å². The first-order valence-corrected chi connectivity index (χ1v) is 8.20. The van der Waals surface area contributed by atoms with E-state index in [9.17, 15) is 4.79 Å². The molecule has 0 radical (unpaired) electrons. The number of carbonyl (C=O) groups excluding carboxylic acids is 1. The van der Waals surface area contributed by atoms with E-state index in [1.165, 1.54) is 0 Å². The van der Waals surface area contributed by atoms with Crippen molar-refractivity contribution in [2.75, 3.05) is 0 Å². The van der Waals surface area contributed by atoms with Gasteiger partial charge in [0.2, 0.25) is 0 Å². The van der Waals surface area contributed by atoms with Gasteiger partial charge in [-0.05, 0) is 16.7 Å². The fourth-order valence-electron chi connectivity index (χ4n) is 4.01. The fraction of sp³-hybridized carbons (Fsp3) is 0.0909. The Balaban J connectivity index is 1.76. The number of Topliss-reactive ketones (excluding diaryl/α,β-unsaturated/α-hetero) is 1. The summed E-state index contributed by atoms with van der Waals surface area (Å²) in [6, 6.07) is 18.1. The van der Waals surface area contributed by atoms with Gasteiger partial charge in [0.15, 0.2) is 5.78 Å². The standard InChI is InChI=1S/C22H15NO/c24-22-16-10-5-4-9-15(16)19-13-23-21(14-7-2-1-3-8-14)17-11-6-12-18(22)20(17)19/h1-13,18,20H. The molecular weight excluding hydrogens is 294 g/mol. The Bertz CT molecular complexity index is 976. The summed E-state index contributed by atoms with van der Waals surface area (Å²) in [5.41, 5.74) is 6.22. The predicted molar refractivity (Wildman–Crippen MR) is 95.9 cm³/mol. The molecule has 2 aliphatic carbocycles. The van der Waals surface area contributed by atoms with Crippen molar-refractivity contribution in [3.05, 3.63) is 101 Å². The molecule has 3 aliphatic rings. The van der Waals surface area contributed by atoms with Gasteiger partial charge in [-0.15, -0.1) is 0 Å². The van der Waals surface area contributed by atoms with Gasteiger partial charge in [-0.1, -0.05) is 72.8 Å². The maximum Gasteiger partial charge on any atom is 0.171 e. The second-order valence-corrected chi connectivity index (χ2v) is 6.35. The van der Waals surface area contributed by atoms with Crippen molar-refractivity contribution in [3.8, 4) is 0 Å². The third-order valence-electron chi connectivity index (χ3n) is 5.08. The second-order valence-electron chi connectivity index (χ2n) is 6.35. The number of hydrogen-bond donors (Lipinski definition) is 0. The van der Waals surface area contributed by atoms with Gasteiger partial charge in [0.1, 0.15) is 0 Å². The minimum atomic E-state index is -0.125. The molecule has 2 aromatic carbocycles. The zero-order chi connectivity index (χ0) is 16.1. The van der Waals surface area contributed by atoms with Gasteiger partial charge in [-0.2, -0.15) is 0 Å². The molecule has 0 fully saturated rings. The Hall–Kier alpha value is -3.00. The van der Waals surface area contributed by atoms with Crippen LogP contribution in [0.2, 0.25) is 0 Å². The molecule has 1 heterocycles. The van der Waals surface area contributed by atoms with Crippen molar-refractivity contribution in [2.24, 2.45) is 16.8 Å². The van der Waals surface area contributed by atoms with Crippen LogP contribution in [0.5, 0.6) is 0 Å². The molecule has 2 nitrogen and oxygen atoms in total. The van der Waals surface area contributed by atoms with Crippen molar-refractivity contribution in [3.63, 3.8) is 0 Å². The monoisotopic (exact) mass is 309 g/mol. The summed E-state index contributed by atoms with van der Waals surface area (Å²) in [5, 5.41) is 0. The summed E-state index contributed by atoms with van der Waals surface area (Å²) in [6.07, 6.45) is 8.11. The van der Waals surface area contributed by atoms with E-state index in [2.05, 4.69) is 18.2 Å². The summed E-state index contributed by atoms with van der Waals surface area (Å²) in [5.74, 6) is 0.161. The summed E-state index contributed by atoms with van der Waals surface area (Å²) >= 11 is 0. The summed E-state index contributed by atoms with van der Waals surface area (Å²) in [7, 11) is 0. The Morgan fingerprint density at radius 2 is 1.58 bits per heavy atom. The summed E-state index contributed by atoms with van der Waals surface area (Å²) in [4.78, 5) is 17.7. The van der Waals surface area contributed by atoms with Crippen LogP contribution >= 0.6 is 0 Å². The summed E-state index contributed by atoms with van der Waals surface area (Å²) in [6.45, 7) is 0. The molecule has 24 heavy (non-hydrogen) atoms. The minimum Gasteiger partial charge on any atom is -0.293 e. The van der Waals surface area contributed by atoms with Gasteiger partial charge in [0.05, 0.1) is 11.6 Å². The Morgan fingerprint density at radius 3 is 2.42 bits per heavy atom. The third kappa shape index (κ3) is 1.77. The number of carbonyl (C=O) groups is 1. The number of nitrogens with zero attached hydrogens (tertiary/aromatic N) is 1. The van der Waals surface area contributed by atoms with Gasteiger partial charge in [-0.3, -0.25) is 9.79 Å². The van der Waals surface area contributed by atoms with E-state index < -0.39 is 0 Å². The molecule has 0 saturated carbocycles. The Kier molecular flexibility index (Phi) is 2.80. The summed E-state index contributed by atoms with van der Waals surface area (Å²) < 4.78 is 0. The lowest BCUT2D eigenvalue weighted by atomic mass is 9.65. The molecule has 2 atom stereocenters. The van der Waals surface area contributed by atoms with Gasteiger partial charge in [0.25, 0.3) is 0 Å². The molecule has 2 aromatic rings. The van der Waals surface area contributed by atoms with Crippen LogP contribution in [-0.2, 0) is 0 Å². The van der Waals surface area contributed by atoms with Gasteiger partial charge in [0, 0.05) is 23.2 Å². The van der Waals surface area contributed by atoms with Gasteiger partial charge < -0.3 is 0 Å². The number of fused-ring (bicyclic) bond motifs is 2. The van der Waals surface area contributed by atoms with Crippen LogP contribution < -0.4 is 0 Å². The van der Waals surface area contributed by atoms with E-state index in [4.69, 9.17) is 4.99 Å². The second kappa shape index (κ2) is 5.00. The highest BCUT2D eigenvalue weighted by Gasteiger charge is 2.42. The number of rotatable bonds is 1. The van der Waals surface area contributed by atoms with Crippen LogP contribution in [0.3, 0.4) is 0 Å². The smallest absolute Gasteiger partial charge is 0.171 e. The molecule has 0 saturated heterocycles. The highest BCUT2D eigenvalue weighted by atomic mass is 16.1. The van der Waals surface area contributed by atoms with Crippen molar-refractivity contribution < 1.29 is 4.79 Å². The van der Waals surface area contributed by atoms with E-state index in [0.29, 0.717) is 0 Å². The van der Waals surface area contributed by atoms with Crippen molar-refractivity contribution in [2.45, 2.75) is 0 Å². The van der Waals surface area contributed by atoms with E-state index in [1.54, 1.807) is 0 Å². The number of allylic oxidation sites excluding steroid dienone is 5. The number of hydrogen-bond acceptors (Lipinski definition) is 2. The van der Waals surface area contributed by atoms with Crippen LogP contribution in [0.25, 0.3) is 5.57 Å². The Labute approximate surface area is 140 Å². The number of aliphatic imine (C=N–C) groups is 1. The largest absolute Gasteiger partial charge is 0.293 e. The molecule has 0 spiro atoms. The molecule has 0 bridgehead atoms. The quantitative estimate of drug-likeness (QED) is 0.765.